The summed E-state index contributed by atoms with van der Waals surface area (Å²) in [7, 11) is -0.120. The number of amides is 1. The molecule has 5 nitrogen and oxygen atoms in total. The Labute approximate surface area is 132 Å². The zero-order chi connectivity index (χ0) is 16.1. The molecular formula is C16H23N3O2S. The van der Waals surface area contributed by atoms with E-state index in [0.29, 0.717) is 0 Å². The number of benzene rings is 1. The highest BCUT2D eigenvalue weighted by molar-refractivity contribution is 7.91. The van der Waals surface area contributed by atoms with Gasteiger partial charge in [-0.2, -0.15) is 0 Å². The zero-order valence-electron chi connectivity index (χ0n) is 13.1. The Balaban J connectivity index is 2.28. The number of hydrogen-bond donors (Lipinski definition) is 2. The van der Waals surface area contributed by atoms with Crippen molar-refractivity contribution in [3.63, 3.8) is 0 Å². The van der Waals surface area contributed by atoms with Crippen LogP contribution in [0.1, 0.15) is 45.9 Å². The van der Waals surface area contributed by atoms with E-state index in [1.807, 2.05) is 0 Å². The fourth-order valence-corrected chi connectivity index (χ4v) is 5.19. The SMILES string of the molecule is CN(C)S(=N)(=O)C(C(N)=O)c1c2c(cc3c1CCC3)CCC2. The summed E-state index contributed by atoms with van der Waals surface area (Å²) in [5, 5.41) is -1.04. The van der Waals surface area contributed by atoms with Crippen molar-refractivity contribution in [1.82, 2.24) is 4.31 Å². The first-order chi connectivity index (χ1) is 10.3. The Morgan fingerprint density at radius 3 is 2.09 bits per heavy atom. The minimum Gasteiger partial charge on any atom is -0.368 e. The van der Waals surface area contributed by atoms with Gasteiger partial charge in [-0.3, -0.25) is 4.79 Å². The van der Waals surface area contributed by atoms with Gasteiger partial charge in [0.2, 0.25) is 5.91 Å². The normalized spacial score (nSPS) is 20.5. The van der Waals surface area contributed by atoms with Crippen molar-refractivity contribution < 1.29 is 9.00 Å². The molecular weight excluding hydrogens is 298 g/mol. The number of nitrogens with one attached hydrogen (secondary N) is 1. The largest absolute Gasteiger partial charge is 0.368 e. The Kier molecular flexibility index (Phi) is 3.77. The van der Waals surface area contributed by atoms with Crippen LogP contribution in [0, 0.1) is 4.78 Å². The second-order valence-corrected chi connectivity index (χ2v) is 8.78. The molecule has 0 radical (unpaired) electrons. The number of carbonyl (C=O) groups excluding carboxylic acids is 1. The lowest BCUT2D eigenvalue weighted by Gasteiger charge is -2.26. The van der Waals surface area contributed by atoms with Crippen LogP contribution in [0.5, 0.6) is 0 Å². The first kappa shape index (κ1) is 15.5. The minimum absolute atomic E-state index is 0.650. The van der Waals surface area contributed by atoms with Crippen molar-refractivity contribution in [1.29, 1.82) is 4.78 Å². The fourth-order valence-electron chi connectivity index (χ4n) is 3.85. The lowest BCUT2D eigenvalue weighted by atomic mass is 9.92. The number of primary amides is 1. The Morgan fingerprint density at radius 2 is 1.68 bits per heavy atom. The van der Waals surface area contributed by atoms with Crippen molar-refractivity contribution in [2.75, 3.05) is 14.1 Å². The molecule has 0 bridgehead atoms. The molecule has 1 amide bonds. The van der Waals surface area contributed by atoms with E-state index in [1.165, 1.54) is 15.4 Å². The molecule has 0 saturated carbocycles. The van der Waals surface area contributed by atoms with Crippen LogP contribution in [0.25, 0.3) is 0 Å². The van der Waals surface area contributed by atoms with Gasteiger partial charge in [-0.1, -0.05) is 6.07 Å². The van der Waals surface area contributed by atoms with E-state index in [1.54, 1.807) is 14.1 Å². The lowest BCUT2D eigenvalue weighted by Crippen LogP contribution is -2.36. The smallest absolute Gasteiger partial charge is 0.240 e. The Bertz CT molecular complexity index is 706. The van der Waals surface area contributed by atoms with Gasteiger partial charge in [0.1, 0.15) is 9.92 Å². The van der Waals surface area contributed by atoms with E-state index in [2.05, 4.69) is 6.07 Å². The molecule has 2 unspecified atom stereocenters. The molecule has 0 spiro atoms. The average molecular weight is 321 g/mol. The molecule has 2 aliphatic carbocycles. The molecule has 1 aromatic carbocycles. The number of nitrogens with two attached hydrogens (primary N) is 1. The first-order valence-corrected chi connectivity index (χ1v) is 9.32. The maximum absolute atomic E-state index is 12.9. The van der Waals surface area contributed by atoms with Crippen LogP contribution in [0.4, 0.5) is 0 Å². The van der Waals surface area contributed by atoms with Crippen LogP contribution in [0.3, 0.4) is 0 Å². The minimum atomic E-state index is -3.28. The number of hydrogen-bond acceptors (Lipinski definition) is 3. The topological polar surface area (TPSA) is 87.2 Å². The predicted octanol–water partition coefficient (Wildman–Crippen LogP) is 1.71. The average Bonchev–Trinajstić information content (AvgIpc) is 3.05. The summed E-state index contributed by atoms with van der Waals surface area (Å²) in [6.45, 7) is 0. The molecule has 0 fully saturated rings. The summed E-state index contributed by atoms with van der Waals surface area (Å²) < 4.78 is 22.5. The van der Waals surface area contributed by atoms with Gasteiger partial charge >= 0.3 is 0 Å². The molecule has 0 heterocycles. The summed E-state index contributed by atoms with van der Waals surface area (Å²) in [5.74, 6) is -0.650. The monoisotopic (exact) mass is 321 g/mol. The van der Waals surface area contributed by atoms with Crippen LogP contribution in [0.2, 0.25) is 0 Å². The van der Waals surface area contributed by atoms with Crippen LogP contribution in [0.15, 0.2) is 6.07 Å². The number of nitrogens with zero attached hydrogens (tertiary/aromatic N) is 1. The van der Waals surface area contributed by atoms with E-state index in [0.717, 1.165) is 55.2 Å². The van der Waals surface area contributed by atoms with E-state index in [9.17, 15) is 9.00 Å². The van der Waals surface area contributed by atoms with E-state index in [4.69, 9.17) is 10.5 Å². The zero-order valence-corrected chi connectivity index (χ0v) is 14.0. The highest BCUT2D eigenvalue weighted by atomic mass is 32.2. The second-order valence-electron chi connectivity index (χ2n) is 6.44. The molecule has 2 atom stereocenters. The maximum atomic E-state index is 12.9. The molecule has 3 N–H and O–H groups in total. The standard InChI is InChI=1S/C16H23N3O2S/c1-19(2)22(18,21)15(16(17)20)14-12-7-3-5-10(12)9-11-6-4-8-13(11)14/h9,15,18H,3-8H2,1-2H3,(H2,17,20). The van der Waals surface area contributed by atoms with Gasteiger partial charge in [-0.25, -0.2) is 13.3 Å². The van der Waals surface area contributed by atoms with Gasteiger partial charge < -0.3 is 5.73 Å². The van der Waals surface area contributed by atoms with Gasteiger partial charge in [0.05, 0.1) is 0 Å². The summed E-state index contributed by atoms with van der Waals surface area (Å²) in [4.78, 5) is 12.1. The molecule has 3 rings (SSSR count). The molecule has 22 heavy (non-hydrogen) atoms. The van der Waals surface area contributed by atoms with Gasteiger partial charge in [0.15, 0.2) is 5.25 Å². The highest BCUT2D eigenvalue weighted by Crippen LogP contribution is 2.41. The molecule has 120 valence electrons. The fraction of sp³-hybridized carbons (Fsp3) is 0.562. The summed E-state index contributed by atoms with van der Waals surface area (Å²) in [5.41, 5.74) is 11.2. The van der Waals surface area contributed by atoms with Crippen LogP contribution in [-0.2, 0) is 40.4 Å². The van der Waals surface area contributed by atoms with Crippen molar-refractivity contribution in [2.45, 2.75) is 43.8 Å². The van der Waals surface area contributed by atoms with Crippen molar-refractivity contribution >= 4 is 15.8 Å². The third-order valence-corrected chi connectivity index (χ3v) is 7.09. The molecule has 1 aromatic rings. The number of carbonyl (C=O) groups is 1. The van der Waals surface area contributed by atoms with Crippen LogP contribution in [-0.4, -0.2) is 28.5 Å². The van der Waals surface area contributed by atoms with E-state index >= 15 is 0 Å². The molecule has 0 aliphatic heterocycles. The number of fused-ring (bicyclic) bond motifs is 2. The van der Waals surface area contributed by atoms with Crippen molar-refractivity contribution in [3.8, 4) is 0 Å². The summed E-state index contributed by atoms with van der Waals surface area (Å²) >= 11 is 0. The van der Waals surface area contributed by atoms with E-state index in [-0.39, 0.29) is 0 Å². The first-order valence-electron chi connectivity index (χ1n) is 7.75. The molecule has 6 heteroatoms. The van der Waals surface area contributed by atoms with E-state index < -0.39 is 21.1 Å². The van der Waals surface area contributed by atoms with Gasteiger partial charge in [0, 0.05) is 14.1 Å². The van der Waals surface area contributed by atoms with Gasteiger partial charge in [-0.15, -0.1) is 0 Å². The maximum Gasteiger partial charge on any atom is 0.240 e. The Hall–Kier alpha value is -1.40. The highest BCUT2D eigenvalue weighted by Gasteiger charge is 2.37. The third kappa shape index (κ3) is 2.25. The summed E-state index contributed by atoms with van der Waals surface area (Å²) in [6.07, 6.45) is 5.90. The van der Waals surface area contributed by atoms with Gasteiger partial charge in [-0.05, 0) is 66.3 Å². The van der Waals surface area contributed by atoms with Crippen molar-refractivity contribution in [3.05, 3.63) is 33.9 Å². The number of rotatable bonds is 4. The lowest BCUT2D eigenvalue weighted by molar-refractivity contribution is -0.117. The third-order valence-electron chi connectivity index (χ3n) is 4.90. The quantitative estimate of drug-likeness (QED) is 0.884. The van der Waals surface area contributed by atoms with Crippen LogP contribution < -0.4 is 5.73 Å². The number of aryl methyl sites for hydroxylation is 2. The molecule has 0 aromatic heterocycles. The van der Waals surface area contributed by atoms with Crippen LogP contribution >= 0.6 is 0 Å². The van der Waals surface area contributed by atoms with Gasteiger partial charge in [0.25, 0.3) is 0 Å². The molecule has 0 saturated heterocycles. The van der Waals surface area contributed by atoms with Crippen molar-refractivity contribution in [2.24, 2.45) is 5.73 Å². The molecule has 2 aliphatic rings. The predicted molar refractivity (Wildman–Crippen MR) is 87.0 cm³/mol. The summed E-state index contributed by atoms with van der Waals surface area (Å²) in [6, 6.07) is 2.26. The Morgan fingerprint density at radius 1 is 1.18 bits per heavy atom. The second kappa shape index (κ2) is 5.35.